The Morgan fingerprint density at radius 2 is 0.826 bits per heavy atom. The second kappa shape index (κ2) is 50.6. The molecule has 0 spiro atoms. The third kappa shape index (κ3) is 54.9. The standard InChI is InChI=1S/C59H108NO8P/c1-6-8-10-12-14-15-16-17-18-19-20-21-22-23-24-25-26-27-28-29-30-31-32-33-34-35-36-37-38-39-40-41-42-43-44-45-46-48-50-52-59(62)68-57(55-65-58(61)51-49-47-13-11-9-7-2)56-67-69(63,64)66-54-53-60(3,4)5/h8,10,14-15,17-18,20-21,23-24,57H,6-7,9,11-13,16,19,22,25-56H2,1-5H3/p+1/b10-8-,15-14-,18-17-,21-20-,24-23-. The van der Waals surface area contributed by atoms with Crippen LogP contribution in [-0.2, 0) is 32.7 Å². The monoisotopic (exact) mass is 991 g/mol. The fourth-order valence-corrected chi connectivity index (χ4v) is 8.67. The molecule has 0 radical (unpaired) electrons. The molecule has 402 valence electrons. The number of rotatable bonds is 52. The molecule has 69 heavy (non-hydrogen) atoms. The summed E-state index contributed by atoms with van der Waals surface area (Å²) in [6.45, 7) is 4.26. The van der Waals surface area contributed by atoms with Crippen LogP contribution in [-0.4, -0.2) is 74.9 Å². The molecule has 2 atom stereocenters. The number of likely N-dealkylation sites (N-methyl/N-ethyl adjacent to an activating group) is 1. The molecule has 0 aromatic carbocycles. The average Bonchev–Trinajstić information content (AvgIpc) is 3.31. The number of carbonyl (C=O) groups excluding carboxylic acids is 2. The summed E-state index contributed by atoms with van der Waals surface area (Å²) in [7, 11) is 1.48. The van der Waals surface area contributed by atoms with Gasteiger partial charge in [-0.15, -0.1) is 0 Å². The van der Waals surface area contributed by atoms with Crippen LogP contribution in [0, 0.1) is 0 Å². The number of hydrogen-bond acceptors (Lipinski definition) is 7. The number of phosphoric ester groups is 1. The maximum absolute atomic E-state index is 12.7. The Bertz CT molecular complexity index is 1350. The minimum atomic E-state index is -4.37. The lowest BCUT2D eigenvalue weighted by atomic mass is 10.0. The second-order valence-corrected chi connectivity index (χ2v) is 21.8. The molecule has 0 aromatic rings. The normalized spacial score (nSPS) is 13.8. The van der Waals surface area contributed by atoms with Crippen LogP contribution in [0.2, 0.25) is 0 Å². The molecule has 0 fully saturated rings. The number of phosphoric acid groups is 1. The van der Waals surface area contributed by atoms with Crippen molar-refractivity contribution in [3.63, 3.8) is 0 Å². The highest BCUT2D eigenvalue weighted by atomic mass is 31.2. The lowest BCUT2D eigenvalue weighted by molar-refractivity contribution is -0.870. The number of hydrogen-bond donors (Lipinski definition) is 1. The highest BCUT2D eigenvalue weighted by Crippen LogP contribution is 2.43. The van der Waals surface area contributed by atoms with Crippen molar-refractivity contribution in [2.45, 2.75) is 258 Å². The first-order valence-electron chi connectivity index (χ1n) is 28.5. The Kier molecular flexibility index (Phi) is 49.0. The lowest BCUT2D eigenvalue weighted by Crippen LogP contribution is -2.37. The van der Waals surface area contributed by atoms with Crippen molar-refractivity contribution in [2.24, 2.45) is 0 Å². The Labute approximate surface area is 426 Å². The first-order valence-corrected chi connectivity index (χ1v) is 30.0. The molecule has 0 aliphatic heterocycles. The largest absolute Gasteiger partial charge is 0.472 e. The first-order chi connectivity index (χ1) is 33.5. The van der Waals surface area contributed by atoms with E-state index >= 15 is 0 Å². The minimum absolute atomic E-state index is 0.0333. The van der Waals surface area contributed by atoms with E-state index in [-0.39, 0.29) is 32.0 Å². The van der Waals surface area contributed by atoms with Crippen LogP contribution < -0.4 is 0 Å². The molecule has 0 aliphatic carbocycles. The summed E-state index contributed by atoms with van der Waals surface area (Å²) >= 11 is 0. The van der Waals surface area contributed by atoms with E-state index in [0.717, 1.165) is 70.6 Å². The van der Waals surface area contributed by atoms with Crippen molar-refractivity contribution >= 4 is 19.8 Å². The quantitative estimate of drug-likeness (QED) is 0.0211. The van der Waals surface area contributed by atoms with Gasteiger partial charge in [0.2, 0.25) is 0 Å². The molecule has 0 saturated carbocycles. The van der Waals surface area contributed by atoms with Gasteiger partial charge in [-0.2, -0.15) is 0 Å². The highest BCUT2D eigenvalue weighted by molar-refractivity contribution is 7.47. The Morgan fingerprint density at radius 3 is 1.23 bits per heavy atom. The number of nitrogens with zero attached hydrogens (tertiary/aromatic N) is 1. The smallest absolute Gasteiger partial charge is 0.462 e. The van der Waals surface area contributed by atoms with E-state index in [1.165, 1.54) is 148 Å². The van der Waals surface area contributed by atoms with Crippen LogP contribution >= 0.6 is 7.82 Å². The number of quaternary nitrogens is 1. The zero-order valence-electron chi connectivity index (χ0n) is 45.5. The number of ether oxygens (including phenoxy) is 2. The van der Waals surface area contributed by atoms with Crippen molar-refractivity contribution in [1.29, 1.82) is 0 Å². The van der Waals surface area contributed by atoms with Crippen LogP contribution in [0.1, 0.15) is 251 Å². The second-order valence-electron chi connectivity index (χ2n) is 20.3. The van der Waals surface area contributed by atoms with Crippen LogP contribution in [0.3, 0.4) is 0 Å². The molecule has 0 bridgehead atoms. The van der Waals surface area contributed by atoms with Crippen molar-refractivity contribution < 1.29 is 42.1 Å². The predicted molar refractivity (Wildman–Crippen MR) is 293 cm³/mol. The molecular weight excluding hydrogens is 882 g/mol. The first kappa shape index (κ1) is 66.7. The van der Waals surface area contributed by atoms with Gasteiger partial charge in [-0.05, 0) is 57.8 Å². The molecule has 0 aliphatic rings. The van der Waals surface area contributed by atoms with Gasteiger partial charge in [0.15, 0.2) is 6.10 Å². The zero-order chi connectivity index (χ0) is 50.6. The predicted octanol–water partition coefficient (Wildman–Crippen LogP) is 17.5. The van der Waals surface area contributed by atoms with Crippen LogP contribution in [0.15, 0.2) is 60.8 Å². The molecule has 0 saturated heterocycles. The van der Waals surface area contributed by atoms with Gasteiger partial charge >= 0.3 is 19.8 Å². The van der Waals surface area contributed by atoms with Crippen molar-refractivity contribution in [2.75, 3.05) is 47.5 Å². The topological polar surface area (TPSA) is 108 Å². The van der Waals surface area contributed by atoms with Crippen LogP contribution in [0.25, 0.3) is 0 Å². The summed E-state index contributed by atoms with van der Waals surface area (Å²) in [5.74, 6) is -0.799. The molecular formula is C59H109NO8P+. The number of carbonyl (C=O) groups is 2. The number of allylic oxidation sites excluding steroid dienone is 10. The van der Waals surface area contributed by atoms with Gasteiger partial charge in [-0.3, -0.25) is 18.6 Å². The maximum atomic E-state index is 12.7. The SMILES string of the molecule is CC/C=C\C/C=C\C/C=C\C/C=C\C/C=C\CCCCCCCCCCCCCCCCCCCCCCCCCC(=O)OC(COC(=O)CCCCCCCC)COP(=O)(O)OCC[N+](C)(C)C. The molecule has 0 heterocycles. The van der Waals surface area contributed by atoms with Crippen molar-refractivity contribution in [3.05, 3.63) is 60.8 Å². The number of unbranched alkanes of at least 4 members (excludes halogenated alkanes) is 28. The van der Waals surface area contributed by atoms with Crippen molar-refractivity contribution in [3.8, 4) is 0 Å². The molecule has 9 nitrogen and oxygen atoms in total. The lowest BCUT2D eigenvalue weighted by Gasteiger charge is -2.24. The van der Waals surface area contributed by atoms with Gasteiger partial charge in [0.05, 0.1) is 27.7 Å². The summed E-state index contributed by atoms with van der Waals surface area (Å²) in [6.07, 6.45) is 65.0. The fraction of sp³-hybridized carbons (Fsp3) is 0.797. The third-order valence-corrected chi connectivity index (χ3v) is 13.3. The van der Waals surface area contributed by atoms with Gasteiger partial charge in [-0.25, -0.2) is 4.57 Å². The minimum Gasteiger partial charge on any atom is -0.462 e. The highest BCUT2D eigenvalue weighted by Gasteiger charge is 2.27. The van der Waals surface area contributed by atoms with E-state index in [0.29, 0.717) is 17.4 Å². The van der Waals surface area contributed by atoms with Crippen LogP contribution in [0.4, 0.5) is 0 Å². The average molecular weight is 991 g/mol. The molecule has 0 amide bonds. The van der Waals surface area contributed by atoms with Crippen LogP contribution in [0.5, 0.6) is 0 Å². The number of esters is 2. The van der Waals surface area contributed by atoms with E-state index in [1.807, 2.05) is 21.1 Å². The molecule has 0 aromatic heterocycles. The van der Waals surface area contributed by atoms with Gasteiger partial charge in [0, 0.05) is 12.8 Å². The fourth-order valence-electron chi connectivity index (χ4n) is 7.93. The van der Waals surface area contributed by atoms with Gasteiger partial charge in [0.1, 0.15) is 19.8 Å². The van der Waals surface area contributed by atoms with E-state index in [9.17, 15) is 19.0 Å². The Balaban J connectivity index is 3.78. The van der Waals surface area contributed by atoms with E-state index in [4.69, 9.17) is 18.5 Å². The zero-order valence-corrected chi connectivity index (χ0v) is 46.4. The third-order valence-electron chi connectivity index (χ3n) is 12.3. The summed E-state index contributed by atoms with van der Waals surface area (Å²) in [5.41, 5.74) is 0. The Hall–Kier alpha value is -2.29. The maximum Gasteiger partial charge on any atom is 0.472 e. The summed E-state index contributed by atoms with van der Waals surface area (Å²) in [6, 6.07) is 0. The van der Waals surface area contributed by atoms with Gasteiger partial charge < -0.3 is 18.9 Å². The summed E-state index contributed by atoms with van der Waals surface area (Å²) in [4.78, 5) is 35.2. The van der Waals surface area contributed by atoms with Crippen molar-refractivity contribution in [1.82, 2.24) is 0 Å². The molecule has 10 heteroatoms. The van der Waals surface area contributed by atoms with E-state index in [1.54, 1.807) is 0 Å². The van der Waals surface area contributed by atoms with E-state index < -0.39 is 26.5 Å². The Morgan fingerprint density at radius 1 is 0.464 bits per heavy atom. The molecule has 0 rings (SSSR count). The molecule has 1 N–H and O–H groups in total. The van der Waals surface area contributed by atoms with E-state index in [2.05, 4.69) is 74.6 Å². The molecule has 2 unspecified atom stereocenters. The summed E-state index contributed by atoms with van der Waals surface area (Å²) in [5, 5.41) is 0. The summed E-state index contributed by atoms with van der Waals surface area (Å²) < 4.78 is 34.3. The van der Waals surface area contributed by atoms with Gasteiger partial charge in [0.25, 0.3) is 0 Å². The van der Waals surface area contributed by atoms with Gasteiger partial charge in [-0.1, -0.05) is 242 Å².